The molecule has 2 aromatic carbocycles. The molecule has 4 amide bonds. The van der Waals surface area contributed by atoms with Gasteiger partial charge in [-0.3, -0.25) is 14.7 Å². The second-order valence-corrected chi connectivity index (χ2v) is 8.48. The van der Waals surface area contributed by atoms with E-state index in [4.69, 9.17) is 0 Å². The molecule has 1 saturated carbocycles. The molecule has 9 heteroatoms. The number of carbonyl (C=O) groups is 3. The molecule has 1 aliphatic heterocycles. The lowest BCUT2D eigenvalue weighted by atomic mass is 9.97. The van der Waals surface area contributed by atoms with Gasteiger partial charge in [-0.15, -0.1) is 0 Å². The highest BCUT2D eigenvalue weighted by molar-refractivity contribution is 6.11. The van der Waals surface area contributed by atoms with E-state index < -0.39 is 23.5 Å². The minimum atomic E-state index is -0.958. The Bertz CT molecular complexity index is 1220. The largest absolute Gasteiger partial charge is 0.325 e. The summed E-state index contributed by atoms with van der Waals surface area (Å²) in [7, 11) is 0. The number of rotatable bonds is 5. The van der Waals surface area contributed by atoms with Crippen molar-refractivity contribution in [2.24, 2.45) is 0 Å². The number of nitrogens with zero attached hydrogens (tertiary/aromatic N) is 3. The zero-order valence-electron chi connectivity index (χ0n) is 18.2. The maximum absolute atomic E-state index is 13.1. The van der Waals surface area contributed by atoms with Crippen LogP contribution in [0.2, 0.25) is 0 Å². The topological polar surface area (TPSA) is 120 Å². The molecule has 1 unspecified atom stereocenters. The molecule has 1 aromatic heterocycles. The summed E-state index contributed by atoms with van der Waals surface area (Å²) in [5.41, 5.74) is 1.18. The van der Waals surface area contributed by atoms with E-state index in [1.807, 2.05) is 42.5 Å². The molecule has 2 fully saturated rings. The van der Waals surface area contributed by atoms with Crippen LogP contribution in [0.5, 0.6) is 0 Å². The minimum Gasteiger partial charge on any atom is -0.324 e. The first-order valence-corrected chi connectivity index (χ1v) is 11.0. The molecule has 168 valence electrons. The first kappa shape index (κ1) is 20.9. The van der Waals surface area contributed by atoms with Gasteiger partial charge in [0.25, 0.3) is 5.91 Å². The molecular formula is C24H24N6O3. The summed E-state index contributed by atoms with van der Waals surface area (Å²) < 4.78 is 0. The van der Waals surface area contributed by atoms with Crippen molar-refractivity contribution in [2.45, 2.75) is 44.2 Å². The minimum absolute atomic E-state index is 0.316. The van der Waals surface area contributed by atoms with Gasteiger partial charge in [0, 0.05) is 11.1 Å². The van der Waals surface area contributed by atoms with Crippen LogP contribution >= 0.6 is 0 Å². The molecular weight excluding hydrogens is 420 g/mol. The lowest BCUT2D eigenvalue weighted by Gasteiger charge is -2.23. The number of carbonyl (C=O) groups excluding carboxylic acids is 3. The molecule has 0 radical (unpaired) electrons. The first-order chi connectivity index (χ1) is 16.0. The van der Waals surface area contributed by atoms with Gasteiger partial charge in [0.15, 0.2) is 11.6 Å². The average molecular weight is 444 g/mol. The fourth-order valence-electron chi connectivity index (χ4n) is 4.56. The van der Waals surface area contributed by atoms with E-state index in [1.54, 1.807) is 19.1 Å². The van der Waals surface area contributed by atoms with Gasteiger partial charge in [0.05, 0.1) is 5.69 Å². The molecule has 1 aliphatic carbocycles. The number of aromatic amines is 1. The van der Waals surface area contributed by atoms with Gasteiger partial charge < -0.3 is 10.6 Å². The van der Waals surface area contributed by atoms with E-state index in [0.29, 0.717) is 35.7 Å². The molecule has 9 nitrogen and oxygen atoms in total. The van der Waals surface area contributed by atoms with Crippen LogP contribution < -0.4 is 10.6 Å². The van der Waals surface area contributed by atoms with Crippen molar-refractivity contribution in [1.82, 2.24) is 25.4 Å². The fraction of sp³-hybridized carbons (Fsp3) is 0.292. The lowest BCUT2D eigenvalue weighted by Crippen LogP contribution is -2.48. The summed E-state index contributed by atoms with van der Waals surface area (Å²) in [5.74, 6) is 0.270. The van der Waals surface area contributed by atoms with Gasteiger partial charge in [-0.05, 0) is 31.9 Å². The standard InChI is InChI=1S/C24H24N6O3/c1-15(30-22(32)24(27-23(30)33)13-7-8-14-24)21(31)25-18-12-6-5-11-17(18)20-26-19(28-29-20)16-9-3-2-4-10-16/h2-6,9-12,15H,7-8,13-14H2,1H3,(H,25,31)(H,27,33)(H,26,28,29). The Kier molecular flexibility index (Phi) is 5.16. The zero-order chi connectivity index (χ0) is 23.0. The van der Waals surface area contributed by atoms with Crippen LogP contribution in [0.15, 0.2) is 54.6 Å². The van der Waals surface area contributed by atoms with Crippen molar-refractivity contribution >= 4 is 23.5 Å². The van der Waals surface area contributed by atoms with Crippen molar-refractivity contribution in [3.8, 4) is 22.8 Å². The van der Waals surface area contributed by atoms with Gasteiger partial charge in [-0.25, -0.2) is 14.7 Å². The van der Waals surface area contributed by atoms with Crippen molar-refractivity contribution in [3.05, 3.63) is 54.6 Å². The van der Waals surface area contributed by atoms with E-state index in [2.05, 4.69) is 25.8 Å². The van der Waals surface area contributed by atoms with Gasteiger partial charge in [-0.1, -0.05) is 55.3 Å². The maximum Gasteiger partial charge on any atom is 0.325 e. The second-order valence-electron chi connectivity index (χ2n) is 8.48. The summed E-state index contributed by atoms with van der Waals surface area (Å²) in [6, 6.07) is 15.3. The van der Waals surface area contributed by atoms with Crippen molar-refractivity contribution in [2.75, 3.05) is 5.32 Å². The first-order valence-electron chi connectivity index (χ1n) is 11.0. The third-order valence-corrected chi connectivity index (χ3v) is 6.37. The molecule has 1 spiro atoms. The maximum atomic E-state index is 13.1. The number of para-hydroxylation sites is 1. The third-order valence-electron chi connectivity index (χ3n) is 6.37. The van der Waals surface area contributed by atoms with E-state index >= 15 is 0 Å². The monoisotopic (exact) mass is 444 g/mol. The summed E-state index contributed by atoms with van der Waals surface area (Å²) in [4.78, 5) is 44.3. The highest BCUT2D eigenvalue weighted by atomic mass is 16.2. The Morgan fingerprint density at radius 2 is 1.76 bits per heavy atom. The zero-order valence-corrected chi connectivity index (χ0v) is 18.2. The van der Waals surface area contributed by atoms with E-state index in [1.165, 1.54) is 0 Å². The van der Waals surface area contributed by atoms with Crippen molar-refractivity contribution < 1.29 is 14.4 Å². The molecule has 2 heterocycles. The Morgan fingerprint density at radius 3 is 2.52 bits per heavy atom. The van der Waals surface area contributed by atoms with E-state index in [0.717, 1.165) is 23.3 Å². The van der Waals surface area contributed by atoms with E-state index in [-0.39, 0.29) is 5.91 Å². The molecule has 33 heavy (non-hydrogen) atoms. The molecule has 3 N–H and O–H groups in total. The van der Waals surface area contributed by atoms with Gasteiger partial charge in [-0.2, -0.15) is 5.10 Å². The Morgan fingerprint density at radius 1 is 1.06 bits per heavy atom. The number of hydrogen-bond acceptors (Lipinski definition) is 5. The smallest absolute Gasteiger partial charge is 0.324 e. The molecule has 3 aromatic rings. The number of hydrogen-bond donors (Lipinski definition) is 3. The quantitative estimate of drug-likeness (QED) is 0.522. The number of aromatic nitrogens is 3. The summed E-state index contributed by atoms with van der Waals surface area (Å²) >= 11 is 0. The van der Waals surface area contributed by atoms with Gasteiger partial charge in [0.2, 0.25) is 5.91 Å². The number of urea groups is 1. The van der Waals surface area contributed by atoms with Crippen LogP contribution in [0.3, 0.4) is 0 Å². The lowest BCUT2D eigenvalue weighted by molar-refractivity contribution is -0.136. The number of amides is 4. The number of H-pyrrole nitrogens is 1. The summed E-state index contributed by atoms with van der Waals surface area (Å²) in [6.45, 7) is 1.56. The predicted octanol–water partition coefficient (Wildman–Crippen LogP) is 3.33. The molecule has 0 bridgehead atoms. The Balaban J connectivity index is 1.36. The third kappa shape index (κ3) is 3.65. The van der Waals surface area contributed by atoms with Crippen molar-refractivity contribution in [1.29, 1.82) is 0 Å². The van der Waals surface area contributed by atoms with Crippen LogP contribution in [-0.2, 0) is 9.59 Å². The summed E-state index contributed by atoms with van der Waals surface area (Å²) in [6.07, 6.45) is 2.99. The normalized spacial score (nSPS) is 17.9. The van der Waals surface area contributed by atoms with E-state index in [9.17, 15) is 14.4 Å². The number of imide groups is 1. The molecule has 2 aliphatic rings. The number of anilines is 1. The summed E-state index contributed by atoms with van der Waals surface area (Å²) in [5, 5.41) is 12.9. The molecule has 1 atom stereocenters. The highest BCUT2D eigenvalue weighted by Crippen LogP contribution is 2.36. The van der Waals surface area contributed by atoms with Gasteiger partial charge >= 0.3 is 6.03 Å². The number of benzene rings is 2. The highest BCUT2D eigenvalue weighted by Gasteiger charge is 2.54. The van der Waals surface area contributed by atoms with Crippen LogP contribution in [0.25, 0.3) is 22.8 Å². The SMILES string of the molecule is CC(C(=O)Nc1ccccc1-c1nc(-c2ccccc2)n[nH]1)N1C(=O)NC2(CCCC2)C1=O. The second kappa shape index (κ2) is 8.16. The van der Waals surface area contributed by atoms with Crippen LogP contribution in [-0.4, -0.2) is 49.5 Å². The van der Waals surface area contributed by atoms with Crippen LogP contribution in [0.4, 0.5) is 10.5 Å². The Hall–Kier alpha value is -4.01. The number of nitrogens with one attached hydrogen (secondary N) is 3. The van der Waals surface area contributed by atoms with Crippen LogP contribution in [0, 0.1) is 0 Å². The van der Waals surface area contributed by atoms with Gasteiger partial charge in [0.1, 0.15) is 11.6 Å². The Labute approximate surface area is 190 Å². The molecule has 1 saturated heterocycles. The van der Waals surface area contributed by atoms with Crippen molar-refractivity contribution in [3.63, 3.8) is 0 Å². The predicted molar refractivity (Wildman–Crippen MR) is 122 cm³/mol. The average Bonchev–Trinajstić information content (AvgIpc) is 3.55. The van der Waals surface area contributed by atoms with Crippen LogP contribution in [0.1, 0.15) is 32.6 Å². The fourth-order valence-corrected chi connectivity index (χ4v) is 4.56. The molecule has 5 rings (SSSR count).